The normalized spacial score (nSPS) is 12.9. The zero-order chi connectivity index (χ0) is 20.1. The van der Waals surface area contributed by atoms with Gasteiger partial charge in [-0.25, -0.2) is 0 Å². The number of imide groups is 1. The van der Waals surface area contributed by atoms with Crippen LogP contribution in [0.1, 0.15) is 33.6 Å². The highest BCUT2D eigenvalue weighted by atomic mass is 35.5. The van der Waals surface area contributed by atoms with E-state index in [2.05, 4.69) is 0 Å². The Morgan fingerprint density at radius 1 is 1.07 bits per heavy atom. The van der Waals surface area contributed by atoms with E-state index >= 15 is 0 Å². The maximum absolute atomic E-state index is 12.3. The average molecular weight is 401 g/mol. The number of carbonyl (C=O) groups excluding carboxylic acids is 3. The van der Waals surface area contributed by atoms with Gasteiger partial charge in [0, 0.05) is 25.0 Å². The Morgan fingerprint density at radius 3 is 2.39 bits per heavy atom. The van der Waals surface area contributed by atoms with Gasteiger partial charge in [0.15, 0.2) is 0 Å². The minimum Gasteiger partial charge on any atom is -0.492 e. The summed E-state index contributed by atoms with van der Waals surface area (Å²) in [6, 6.07) is 13.8. The molecule has 0 spiro atoms. The van der Waals surface area contributed by atoms with Crippen LogP contribution >= 0.6 is 11.6 Å². The Balaban J connectivity index is 1.41. The smallest absolute Gasteiger partial charge is 0.261 e. The van der Waals surface area contributed by atoms with Crippen molar-refractivity contribution in [3.63, 3.8) is 0 Å². The predicted molar refractivity (Wildman–Crippen MR) is 106 cm³/mol. The van der Waals surface area contributed by atoms with Crippen LogP contribution in [-0.4, -0.2) is 54.3 Å². The summed E-state index contributed by atoms with van der Waals surface area (Å²) >= 11 is 5.90. The van der Waals surface area contributed by atoms with Gasteiger partial charge < -0.3 is 9.64 Å². The van der Waals surface area contributed by atoms with E-state index in [9.17, 15) is 14.4 Å². The highest BCUT2D eigenvalue weighted by Crippen LogP contribution is 2.22. The van der Waals surface area contributed by atoms with Crippen molar-refractivity contribution in [1.29, 1.82) is 0 Å². The van der Waals surface area contributed by atoms with Gasteiger partial charge >= 0.3 is 0 Å². The second kappa shape index (κ2) is 8.89. The van der Waals surface area contributed by atoms with Gasteiger partial charge in [-0.3, -0.25) is 19.3 Å². The van der Waals surface area contributed by atoms with E-state index in [0.717, 1.165) is 0 Å². The lowest BCUT2D eigenvalue weighted by Crippen LogP contribution is -2.33. The molecule has 0 saturated carbocycles. The molecule has 0 aliphatic carbocycles. The first-order valence-electron chi connectivity index (χ1n) is 9.05. The Hall–Kier alpha value is -2.86. The monoisotopic (exact) mass is 400 g/mol. The summed E-state index contributed by atoms with van der Waals surface area (Å²) in [4.78, 5) is 39.6. The third-order valence-electron chi connectivity index (χ3n) is 4.57. The molecule has 7 heteroatoms. The molecule has 3 amide bonds. The van der Waals surface area contributed by atoms with E-state index < -0.39 is 0 Å². The van der Waals surface area contributed by atoms with E-state index in [1.165, 1.54) is 4.90 Å². The molecule has 1 aliphatic rings. The largest absolute Gasteiger partial charge is 0.492 e. The minimum atomic E-state index is -0.295. The first kappa shape index (κ1) is 19.9. The summed E-state index contributed by atoms with van der Waals surface area (Å²) in [7, 11) is 1.70. The van der Waals surface area contributed by atoms with Crippen LogP contribution in [0, 0.1) is 0 Å². The van der Waals surface area contributed by atoms with Crippen molar-refractivity contribution < 1.29 is 19.1 Å². The van der Waals surface area contributed by atoms with Crippen LogP contribution in [-0.2, 0) is 4.79 Å². The molecule has 0 atom stereocenters. The number of ether oxygens (including phenoxy) is 1. The quantitative estimate of drug-likeness (QED) is 0.638. The molecule has 1 heterocycles. The number of hydrogen-bond acceptors (Lipinski definition) is 4. The van der Waals surface area contributed by atoms with E-state index in [1.807, 2.05) is 0 Å². The van der Waals surface area contributed by atoms with Crippen molar-refractivity contribution in [2.45, 2.75) is 12.8 Å². The summed E-state index contributed by atoms with van der Waals surface area (Å²) in [6.45, 7) is 1.00. The molecule has 0 fully saturated rings. The minimum absolute atomic E-state index is 0.0636. The number of fused-ring (bicyclic) bond motifs is 1. The SMILES string of the molecule is CN(CCOc1cccc(Cl)c1)C(=O)CCCN1C(=O)c2ccccc2C1=O. The van der Waals surface area contributed by atoms with Crippen LogP contribution in [0.25, 0.3) is 0 Å². The van der Waals surface area contributed by atoms with Crippen LogP contribution in [0.3, 0.4) is 0 Å². The summed E-state index contributed by atoms with van der Waals surface area (Å²) < 4.78 is 5.58. The highest BCUT2D eigenvalue weighted by Gasteiger charge is 2.34. The van der Waals surface area contributed by atoms with Gasteiger partial charge in [0.05, 0.1) is 17.7 Å². The third-order valence-corrected chi connectivity index (χ3v) is 4.80. The number of rotatable bonds is 8. The lowest BCUT2D eigenvalue weighted by molar-refractivity contribution is -0.130. The predicted octanol–water partition coefficient (Wildman–Crippen LogP) is 3.25. The molecule has 2 aromatic carbocycles. The Labute approximate surface area is 168 Å². The number of benzene rings is 2. The molecule has 0 saturated heterocycles. The van der Waals surface area contributed by atoms with Gasteiger partial charge in [-0.2, -0.15) is 0 Å². The molecule has 0 unspecified atom stereocenters. The Bertz CT molecular complexity index is 864. The van der Waals surface area contributed by atoms with Crippen LogP contribution < -0.4 is 4.74 Å². The van der Waals surface area contributed by atoms with E-state index in [4.69, 9.17) is 16.3 Å². The van der Waals surface area contributed by atoms with Crippen molar-refractivity contribution in [2.24, 2.45) is 0 Å². The zero-order valence-corrected chi connectivity index (χ0v) is 16.3. The fraction of sp³-hybridized carbons (Fsp3) is 0.286. The maximum atomic E-state index is 12.3. The Morgan fingerprint density at radius 2 is 1.75 bits per heavy atom. The maximum Gasteiger partial charge on any atom is 0.261 e. The second-order valence-corrected chi connectivity index (χ2v) is 6.97. The topological polar surface area (TPSA) is 66.9 Å². The van der Waals surface area contributed by atoms with Crippen molar-refractivity contribution in [3.8, 4) is 5.75 Å². The van der Waals surface area contributed by atoms with Crippen LogP contribution in [0.4, 0.5) is 0 Å². The third kappa shape index (κ3) is 4.51. The zero-order valence-electron chi connectivity index (χ0n) is 15.6. The van der Waals surface area contributed by atoms with Gasteiger partial charge in [0.1, 0.15) is 12.4 Å². The summed E-state index contributed by atoms with van der Waals surface area (Å²) in [5.41, 5.74) is 0.850. The standard InChI is InChI=1S/C21H21ClN2O4/c1-23(12-13-28-16-7-4-6-15(22)14-16)19(25)10-5-11-24-20(26)17-8-2-3-9-18(17)21(24)27/h2-4,6-9,14H,5,10-13H2,1H3. The molecular weight excluding hydrogens is 380 g/mol. The van der Waals surface area contributed by atoms with E-state index in [1.54, 1.807) is 60.5 Å². The van der Waals surface area contributed by atoms with Gasteiger partial charge in [0.25, 0.3) is 11.8 Å². The molecule has 6 nitrogen and oxygen atoms in total. The number of carbonyl (C=O) groups is 3. The molecule has 0 radical (unpaired) electrons. The molecule has 1 aliphatic heterocycles. The summed E-state index contributed by atoms with van der Waals surface area (Å²) in [5.74, 6) is -0.00192. The van der Waals surface area contributed by atoms with E-state index in [-0.39, 0.29) is 30.7 Å². The number of likely N-dealkylation sites (N-methyl/N-ethyl adjacent to an activating group) is 1. The lowest BCUT2D eigenvalue weighted by Gasteiger charge is -2.19. The lowest BCUT2D eigenvalue weighted by atomic mass is 10.1. The van der Waals surface area contributed by atoms with Crippen molar-refractivity contribution in [3.05, 3.63) is 64.7 Å². The first-order chi connectivity index (χ1) is 13.5. The van der Waals surface area contributed by atoms with E-state index in [0.29, 0.717) is 41.5 Å². The van der Waals surface area contributed by atoms with Crippen molar-refractivity contribution in [2.75, 3.05) is 26.7 Å². The fourth-order valence-corrected chi connectivity index (χ4v) is 3.18. The number of nitrogens with zero attached hydrogens (tertiary/aromatic N) is 2. The number of halogens is 1. The van der Waals surface area contributed by atoms with Gasteiger partial charge in [0.2, 0.25) is 5.91 Å². The molecular formula is C21H21ClN2O4. The molecule has 0 bridgehead atoms. The molecule has 28 heavy (non-hydrogen) atoms. The van der Waals surface area contributed by atoms with Gasteiger partial charge in [-0.05, 0) is 36.8 Å². The van der Waals surface area contributed by atoms with Gasteiger partial charge in [-0.15, -0.1) is 0 Å². The number of hydrogen-bond donors (Lipinski definition) is 0. The van der Waals surface area contributed by atoms with Crippen LogP contribution in [0.2, 0.25) is 5.02 Å². The summed E-state index contributed by atoms with van der Waals surface area (Å²) in [6.07, 6.45) is 0.671. The van der Waals surface area contributed by atoms with Crippen molar-refractivity contribution in [1.82, 2.24) is 9.80 Å². The molecule has 0 aromatic heterocycles. The summed E-state index contributed by atoms with van der Waals surface area (Å²) in [5, 5.41) is 0.593. The molecule has 146 valence electrons. The molecule has 0 N–H and O–H groups in total. The molecule has 3 rings (SSSR count). The molecule has 2 aromatic rings. The second-order valence-electron chi connectivity index (χ2n) is 6.53. The van der Waals surface area contributed by atoms with Crippen LogP contribution in [0.15, 0.2) is 48.5 Å². The Kier molecular flexibility index (Phi) is 6.31. The van der Waals surface area contributed by atoms with Crippen molar-refractivity contribution >= 4 is 29.3 Å². The van der Waals surface area contributed by atoms with Crippen LogP contribution in [0.5, 0.6) is 5.75 Å². The fourth-order valence-electron chi connectivity index (χ4n) is 3.00. The first-order valence-corrected chi connectivity index (χ1v) is 9.42. The number of amides is 3. The van der Waals surface area contributed by atoms with Gasteiger partial charge in [-0.1, -0.05) is 29.8 Å². The average Bonchev–Trinajstić information content (AvgIpc) is 2.93. The highest BCUT2D eigenvalue weighted by molar-refractivity contribution is 6.30.